The maximum atomic E-state index is 14.0. The van der Waals surface area contributed by atoms with Gasteiger partial charge in [-0.25, -0.2) is 13.2 Å². The quantitative estimate of drug-likeness (QED) is 0.555. The minimum Gasteiger partial charge on any atom is -0.333 e. The van der Waals surface area contributed by atoms with Crippen molar-refractivity contribution in [3.05, 3.63) is 101 Å². The fourth-order valence-corrected chi connectivity index (χ4v) is 4.38. The molecule has 35 heavy (non-hydrogen) atoms. The molecule has 0 spiro atoms. The Bertz CT molecular complexity index is 1230. The molecule has 0 saturated carbocycles. The highest BCUT2D eigenvalue weighted by atomic mass is 19.1. The number of hydrogen-bond donors (Lipinski definition) is 1. The third kappa shape index (κ3) is 5.54. The molecular formula is C27H26F3N3O2. The van der Waals surface area contributed by atoms with Gasteiger partial charge in [-0.2, -0.15) is 0 Å². The fraction of sp³-hybridized carbons (Fsp3) is 0.259. The summed E-state index contributed by atoms with van der Waals surface area (Å²) in [6.45, 7) is 0.229. The van der Waals surface area contributed by atoms with E-state index in [1.54, 1.807) is 24.1 Å². The molecule has 182 valence electrons. The lowest BCUT2D eigenvalue weighted by Gasteiger charge is -2.38. The number of carbonyl (C=O) groups is 2. The maximum Gasteiger partial charge on any atom is 0.250 e. The standard InChI is InChI=1S/C27H26F3N3O2/c1-32(26(34)15-22(31)13-19-12-21(29)10-11-23(19)30)25-14-18-4-2-3-5-24(18)33(27(25)35)16-17-6-8-20(28)9-7-17/h2-12,22,25H,13-16,31H2,1H3/t22-,25?/m1/s1. The fourth-order valence-electron chi connectivity index (χ4n) is 4.38. The van der Waals surface area contributed by atoms with Crippen LogP contribution in [-0.4, -0.2) is 35.8 Å². The Labute approximate surface area is 202 Å². The minimum absolute atomic E-state index is 0.0126. The largest absolute Gasteiger partial charge is 0.333 e. The number of fused-ring (bicyclic) bond motifs is 1. The van der Waals surface area contributed by atoms with Crippen molar-refractivity contribution >= 4 is 17.5 Å². The number of anilines is 1. The summed E-state index contributed by atoms with van der Waals surface area (Å²) >= 11 is 0. The van der Waals surface area contributed by atoms with Crippen LogP contribution in [0.5, 0.6) is 0 Å². The van der Waals surface area contributed by atoms with E-state index in [9.17, 15) is 22.8 Å². The SMILES string of the molecule is CN(C(=O)C[C@H](N)Cc1cc(F)ccc1F)C1Cc2ccccc2N(Cc2ccc(F)cc2)C1=O. The van der Waals surface area contributed by atoms with Gasteiger partial charge < -0.3 is 15.5 Å². The molecule has 1 aliphatic heterocycles. The topological polar surface area (TPSA) is 66.6 Å². The van der Waals surface area contributed by atoms with E-state index in [0.717, 1.165) is 35.0 Å². The molecule has 0 radical (unpaired) electrons. The molecule has 4 rings (SSSR count). The number of rotatable bonds is 7. The van der Waals surface area contributed by atoms with Crippen molar-refractivity contribution in [2.24, 2.45) is 5.73 Å². The molecule has 0 saturated heterocycles. The predicted octanol–water partition coefficient (Wildman–Crippen LogP) is 3.98. The van der Waals surface area contributed by atoms with Crippen molar-refractivity contribution in [1.82, 2.24) is 4.90 Å². The van der Waals surface area contributed by atoms with Gasteiger partial charge in [0, 0.05) is 31.6 Å². The monoisotopic (exact) mass is 481 g/mol. The van der Waals surface area contributed by atoms with Gasteiger partial charge in [-0.05, 0) is 59.5 Å². The zero-order chi connectivity index (χ0) is 25.1. The summed E-state index contributed by atoms with van der Waals surface area (Å²) in [5, 5.41) is 0. The van der Waals surface area contributed by atoms with Crippen LogP contribution in [-0.2, 0) is 29.0 Å². The number of nitrogens with zero attached hydrogens (tertiary/aromatic N) is 2. The van der Waals surface area contributed by atoms with Gasteiger partial charge in [-0.1, -0.05) is 30.3 Å². The zero-order valence-corrected chi connectivity index (χ0v) is 19.3. The second-order valence-corrected chi connectivity index (χ2v) is 8.81. The van der Waals surface area contributed by atoms with Crippen molar-refractivity contribution in [1.29, 1.82) is 0 Å². The lowest BCUT2D eigenvalue weighted by molar-refractivity contribution is -0.138. The third-order valence-corrected chi connectivity index (χ3v) is 6.29. The Morgan fingerprint density at radius 3 is 2.49 bits per heavy atom. The number of halogens is 3. The molecule has 8 heteroatoms. The van der Waals surface area contributed by atoms with E-state index in [1.807, 2.05) is 24.3 Å². The Morgan fingerprint density at radius 2 is 1.74 bits per heavy atom. The van der Waals surface area contributed by atoms with Crippen molar-refractivity contribution in [2.75, 3.05) is 11.9 Å². The summed E-state index contributed by atoms with van der Waals surface area (Å²) in [7, 11) is 1.55. The Morgan fingerprint density at radius 1 is 1.06 bits per heavy atom. The molecule has 5 nitrogen and oxygen atoms in total. The first-order valence-electron chi connectivity index (χ1n) is 11.3. The highest BCUT2D eigenvalue weighted by Gasteiger charge is 2.37. The van der Waals surface area contributed by atoms with Gasteiger partial charge in [-0.3, -0.25) is 9.59 Å². The first kappa shape index (κ1) is 24.5. The average molecular weight is 482 g/mol. The smallest absolute Gasteiger partial charge is 0.250 e. The lowest BCUT2D eigenvalue weighted by Crippen LogP contribution is -2.53. The van der Waals surface area contributed by atoms with E-state index >= 15 is 0 Å². The van der Waals surface area contributed by atoms with Crippen molar-refractivity contribution in [2.45, 2.75) is 37.9 Å². The van der Waals surface area contributed by atoms with Gasteiger partial charge in [-0.15, -0.1) is 0 Å². The summed E-state index contributed by atoms with van der Waals surface area (Å²) in [6.07, 6.45) is 0.197. The van der Waals surface area contributed by atoms with Gasteiger partial charge in [0.2, 0.25) is 11.8 Å². The average Bonchev–Trinajstić information content (AvgIpc) is 2.83. The van der Waals surface area contributed by atoms with E-state index < -0.39 is 23.7 Å². The summed E-state index contributed by atoms with van der Waals surface area (Å²) in [4.78, 5) is 29.5. The first-order chi connectivity index (χ1) is 16.7. The van der Waals surface area contributed by atoms with Crippen LogP contribution in [0.15, 0.2) is 66.7 Å². The minimum atomic E-state index is -0.754. The van der Waals surface area contributed by atoms with Gasteiger partial charge >= 0.3 is 0 Å². The van der Waals surface area contributed by atoms with Crippen LogP contribution in [0.25, 0.3) is 0 Å². The maximum absolute atomic E-state index is 14.0. The molecular weight excluding hydrogens is 455 g/mol. The Hall–Kier alpha value is -3.65. The highest BCUT2D eigenvalue weighted by Crippen LogP contribution is 2.31. The van der Waals surface area contributed by atoms with Gasteiger partial charge in [0.15, 0.2) is 0 Å². The normalized spacial score (nSPS) is 16.1. The number of nitrogens with two attached hydrogens (primary N) is 1. The van der Waals surface area contributed by atoms with Crippen LogP contribution >= 0.6 is 0 Å². The highest BCUT2D eigenvalue weighted by molar-refractivity contribution is 6.02. The summed E-state index contributed by atoms with van der Waals surface area (Å²) in [5.41, 5.74) is 8.59. The molecule has 1 aliphatic rings. The number of amides is 2. The van der Waals surface area contributed by atoms with E-state index in [0.29, 0.717) is 6.42 Å². The zero-order valence-electron chi connectivity index (χ0n) is 19.3. The molecule has 0 aromatic heterocycles. The Balaban J connectivity index is 1.50. The molecule has 2 N–H and O–H groups in total. The molecule has 2 amide bonds. The predicted molar refractivity (Wildman–Crippen MR) is 127 cm³/mol. The van der Waals surface area contributed by atoms with Crippen molar-refractivity contribution < 1.29 is 22.8 Å². The number of carbonyl (C=O) groups excluding carboxylic acids is 2. The molecule has 2 atom stereocenters. The number of benzene rings is 3. The number of likely N-dealkylation sites (N-methyl/N-ethyl adjacent to an activating group) is 1. The van der Waals surface area contributed by atoms with E-state index in [1.165, 1.54) is 17.0 Å². The van der Waals surface area contributed by atoms with Crippen LogP contribution in [0.4, 0.5) is 18.9 Å². The lowest BCUT2D eigenvalue weighted by atomic mass is 9.95. The van der Waals surface area contributed by atoms with Crippen molar-refractivity contribution in [3.8, 4) is 0 Å². The van der Waals surface area contributed by atoms with Crippen LogP contribution in [0.2, 0.25) is 0 Å². The summed E-state index contributed by atoms with van der Waals surface area (Å²) in [6, 6.07) is 15.0. The van der Waals surface area contributed by atoms with Crippen LogP contribution in [0.3, 0.4) is 0 Å². The van der Waals surface area contributed by atoms with E-state index in [2.05, 4.69) is 0 Å². The second-order valence-electron chi connectivity index (χ2n) is 8.81. The number of hydrogen-bond acceptors (Lipinski definition) is 3. The Kier molecular flexibility index (Phi) is 7.21. The molecule has 3 aromatic rings. The molecule has 0 bridgehead atoms. The van der Waals surface area contributed by atoms with Gasteiger partial charge in [0.25, 0.3) is 0 Å². The molecule has 1 unspecified atom stereocenters. The molecule has 3 aromatic carbocycles. The van der Waals surface area contributed by atoms with E-state index in [-0.39, 0.29) is 42.6 Å². The van der Waals surface area contributed by atoms with Gasteiger partial charge in [0.05, 0.1) is 6.54 Å². The first-order valence-corrected chi connectivity index (χ1v) is 11.3. The van der Waals surface area contributed by atoms with Crippen molar-refractivity contribution in [3.63, 3.8) is 0 Å². The second kappa shape index (κ2) is 10.3. The molecule has 0 aliphatic carbocycles. The van der Waals surface area contributed by atoms with E-state index in [4.69, 9.17) is 5.73 Å². The number of para-hydroxylation sites is 1. The van der Waals surface area contributed by atoms with Crippen LogP contribution < -0.4 is 10.6 Å². The van der Waals surface area contributed by atoms with Crippen LogP contribution in [0.1, 0.15) is 23.1 Å². The molecule has 0 fully saturated rings. The third-order valence-electron chi connectivity index (χ3n) is 6.29. The summed E-state index contributed by atoms with van der Waals surface area (Å²) in [5.74, 6) is -2.15. The molecule has 1 heterocycles. The summed E-state index contributed by atoms with van der Waals surface area (Å²) < 4.78 is 40.8. The van der Waals surface area contributed by atoms with Gasteiger partial charge in [0.1, 0.15) is 23.5 Å². The van der Waals surface area contributed by atoms with Crippen LogP contribution in [0, 0.1) is 17.5 Å².